The molecule has 0 aromatic rings. The minimum Gasteiger partial charge on any atom is -0.480 e. The summed E-state index contributed by atoms with van der Waals surface area (Å²) in [7, 11) is -4.73. The lowest BCUT2D eigenvalue weighted by Crippen LogP contribution is -2.44. The maximum Gasteiger partial charge on any atom is 0.469 e. The molecule has 6 N–H and O–H groups in total. The molecule has 0 radical (unpaired) electrons. The number of aliphatic hydroxyl groups excluding tert-OH is 2. The number of hydrogen-bond donors (Lipinski definition) is 6. The van der Waals surface area contributed by atoms with E-state index in [1.807, 2.05) is 0 Å². The second-order valence-electron chi connectivity index (χ2n) is 2.92. The van der Waals surface area contributed by atoms with Gasteiger partial charge in [0.15, 0.2) is 0 Å². The highest BCUT2D eigenvalue weighted by Gasteiger charge is 2.23. The Morgan fingerprint density at radius 3 is 2.38 bits per heavy atom. The summed E-state index contributed by atoms with van der Waals surface area (Å²) >= 11 is 0. The average molecular weight is 259 g/mol. The first-order valence-corrected chi connectivity index (χ1v) is 5.74. The normalized spacial score (nSPS) is 15.8. The number of nitrogens with one attached hydrogen (secondary N) is 1. The van der Waals surface area contributed by atoms with Crippen LogP contribution in [0.1, 0.15) is 0 Å². The third-order valence-corrected chi connectivity index (χ3v) is 2.00. The molecule has 0 saturated heterocycles. The Kier molecular flexibility index (Phi) is 6.68. The Morgan fingerprint density at radius 2 is 2.00 bits per heavy atom. The smallest absolute Gasteiger partial charge is 0.469 e. The van der Waals surface area contributed by atoms with Crippen LogP contribution in [0.3, 0.4) is 0 Å². The summed E-state index contributed by atoms with van der Waals surface area (Å²) in [6, 6.07) is -1.38. The van der Waals surface area contributed by atoms with Crippen molar-refractivity contribution in [1.29, 1.82) is 0 Å². The molecule has 0 bridgehead atoms. The van der Waals surface area contributed by atoms with E-state index >= 15 is 0 Å². The maximum absolute atomic E-state index is 10.6. The third-order valence-electron chi connectivity index (χ3n) is 1.52. The number of hydrogen-bond acceptors (Lipinski definition) is 6. The molecule has 0 aromatic carbocycles. The molecule has 9 nitrogen and oxygen atoms in total. The molecule has 0 saturated carbocycles. The molecule has 1 unspecified atom stereocenters. The number of carboxylic acids is 1. The highest BCUT2D eigenvalue weighted by atomic mass is 31.2. The Hall–Kier alpha value is -0.540. The van der Waals surface area contributed by atoms with Crippen LogP contribution in [0, 0.1) is 0 Å². The van der Waals surface area contributed by atoms with Crippen molar-refractivity contribution in [1.82, 2.24) is 5.32 Å². The molecule has 0 heterocycles. The van der Waals surface area contributed by atoms with E-state index in [0.29, 0.717) is 0 Å². The van der Waals surface area contributed by atoms with Gasteiger partial charge in [0.25, 0.3) is 0 Å². The van der Waals surface area contributed by atoms with Crippen molar-refractivity contribution in [3.63, 3.8) is 0 Å². The zero-order valence-electron chi connectivity index (χ0n) is 8.18. The van der Waals surface area contributed by atoms with Gasteiger partial charge in [0, 0.05) is 6.54 Å². The molecule has 2 atom stereocenters. The van der Waals surface area contributed by atoms with Gasteiger partial charge in [-0.3, -0.25) is 14.6 Å². The fraction of sp³-hybridized carbons (Fsp3) is 0.833. The van der Waals surface area contributed by atoms with Crippen molar-refractivity contribution in [3.05, 3.63) is 0 Å². The fourth-order valence-electron chi connectivity index (χ4n) is 0.732. The molecule has 0 aliphatic heterocycles. The van der Waals surface area contributed by atoms with E-state index in [9.17, 15) is 9.36 Å². The molecular formula is C6H14NO8P. The Balaban J connectivity index is 4.09. The summed E-state index contributed by atoms with van der Waals surface area (Å²) in [5.74, 6) is -1.39. The zero-order chi connectivity index (χ0) is 12.8. The van der Waals surface area contributed by atoms with Gasteiger partial charge < -0.3 is 25.1 Å². The second-order valence-corrected chi connectivity index (χ2v) is 4.16. The van der Waals surface area contributed by atoms with Gasteiger partial charge in [0.1, 0.15) is 6.04 Å². The Labute approximate surface area is 90.9 Å². The molecule has 0 rings (SSSR count). The summed E-state index contributed by atoms with van der Waals surface area (Å²) < 4.78 is 14.3. The van der Waals surface area contributed by atoms with Gasteiger partial charge in [-0.15, -0.1) is 0 Å². The van der Waals surface area contributed by atoms with E-state index in [2.05, 4.69) is 9.84 Å². The van der Waals surface area contributed by atoms with Crippen LogP contribution in [-0.2, 0) is 13.9 Å². The predicted octanol–water partition coefficient (Wildman–Crippen LogP) is -2.51. The molecule has 10 heteroatoms. The highest BCUT2D eigenvalue weighted by Crippen LogP contribution is 2.35. The molecular weight excluding hydrogens is 245 g/mol. The minimum absolute atomic E-state index is 0.238. The average Bonchev–Trinajstić information content (AvgIpc) is 2.14. The number of carbonyl (C=O) groups is 1. The highest BCUT2D eigenvalue weighted by molar-refractivity contribution is 7.46. The van der Waals surface area contributed by atoms with Crippen LogP contribution < -0.4 is 5.32 Å². The number of carboxylic acid groups (broad SMARTS) is 1. The van der Waals surface area contributed by atoms with Crippen LogP contribution >= 0.6 is 7.82 Å². The van der Waals surface area contributed by atoms with Crippen LogP contribution in [0.5, 0.6) is 0 Å². The van der Waals surface area contributed by atoms with Crippen molar-refractivity contribution >= 4 is 13.8 Å². The van der Waals surface area contributed by atoms with Crippen molar-refractivity contribution in [2.24, 2.45) is 0 Å². The van der Waals surface area contributed by atoms with E-state index < -0.39 is 39.2 Å². The van der Waals surface area contributed by atoms with Crippen LogP contribution in [0.4, 0.5) is 0 Å². The molecule has 0 amide bonds. The van der Waals surface area contributed by atoms with Crippen LogP contribution in [0.25, 0.3) is 0 Å². The monoisotopic (exact) mass is 259 g/mol. The summed E-state index contributed by atoms with van der Waals surface area (Å²) in [6.45, 7) is -1.55. The van der Waals surface area contributed by atoms with Crippen LogP contribution in [0.15, 0.2) is 0 Å². The first-order chi connectivity index (χ1) is 7.26. The van der Waals surface area contributed by atoms with Gasteiger partial charge in [-0.05, 0) is 0 Å². The number of aliphatic carboxylic acids is 1. The van der Waals surface area contributed by atoms with Gasteiger partial charge in [-0.1, -0.05) is 0 Å². The molecule has 0 spiro atoms. The first-order valence-electron chi connectivity index (χ1n) is 4.21. The SMILES string of the molecule is O=C(O)[C@H](COP(=O)(O)O)NCC(O)CO. The van der Waals surface area contributed by atoms with Gasteiger partial charge in [-0.25, -0.2) is 4.57 Å². The van der Waals surface area contributed by atoms with E-state index in [-0.39, 0.29) is 6.54 Å². The van der Waals surface area contributed by atoms with E-state index in [1.165, 1.54) is 0 Å². The molecule has 0 aliphatic rings. The van der Waals surface area contributed by atoms with E-state index in [0.717, 1.165) is 0 Å². The molecule has 0 aromatic heterocycles. The third kappa shape index (κ3) is 7.71. The number of aliphatic hydroxyl groups is 2. The molecule has 0 fully saturated rings. The largest absolute Gasteiger partial charge is 0.480 e. The van der Waals surface area contributed by atoms with Gasteiger partial charge in [0.2, 0.25) is 0 Å². The Bertz CT molecular complexity index is 265. The fourth-order valence-corrected chi connectivity index (χ4v) is 1.08. The standard InChI is InChI=1S/C6H14NO8P/c8-2-4(9)1-7-5(6(10)11)3-15-16(12,13)14/h4-5,7-9H,1-3H2,(H,10,11)(H2,12,13,14)/t4?,5-/m0/s1. The summed E-state index contributed by atoms with van der Waals surface area (Å²) in [4.78, 5) is 27.3. The lowest BCUT2D eigenvalue weighted by atomic mass is 10.3. The Morgan fingerprint density at radius 1 is 1.44 bits per heavy atom. The second kappa shape index (κ2) is 6.92. The van der Waals surface area contributed by atoms with E-state index in [4.69, 9.17) is 25.1 Å². The van der Waals surface area contributed by atoms with Crippen LogP contribution in [-0.4, -0.2) is 63.0 Å². The predicted molar refractivity (Wildman–Crippen MR) is 50.5 cm³/mol. The molecule has 0 aliphatic carbocycles. The topological polar surface area (TPSA) is 157 Å². The van der Waals surface area contributed by atoms with E-state index in [1.54, 1.807) is 0 Å². The van der Waals surface area contributed by atoms with Gasteiger partial charge in [-0.2, -0.15) is 0 Å². The van der Waals surface area contributed by atoms with Crippen LogP contribution in [0.2, 0.25) is 0 Å². The van der Waals surface area contributed by atoms with Crippen molar-refractivity contribution in [2.45, 2.75) is 12.1 Å². The summed E-state index contributed by atoms with van der Waals surface area (Å²) in [5.41, 5.74) is 0. The van der Waals surface area contributed by atoms with Crippen molar-refractivity contribution in [2.75, 3.05) is 19.8 Å². The minimum atomic E-state index is -4.73. The number of phosphoric acid groups is 1. The number of phosphoric ester groups is 1. The lowest BCUT2D eigenvalue weighted by Gasteiger charge is -2.16. The molecule has 96 valence electrons. The van der Waals surface area contributed by atoms with Crippen molar-refractivity contribution in [3.8, 4) is 0 Å². The first kappa shape index (κ1) is 15.5. The van der Waals surface area contributed by atoms with Gasteiger partial charge in [0.05, 0.1) is 19.3 Å². The van der Waals surface area contributed by atoms with Gasteiger partial charge >= 0.3 is 13.8 Å². The maximum atomic E-state index is 10.6. The summed E-state index contributed by atoms with van der Waals surface area (Å²) in [6.07, 6.45) is -1.16. The summed E-state index contributed by atoms with van der Waals surface area (Å²) in [5, 5.41) is 28.2. The number of rotatable bonds is 8. The molecule has 16 heavy (non-hydrogen) atoms. The zero-order valence-corrected chi connectivity index (χ0v) is 9.08. The quantitative estimate of drug-likeness (QED) is 0.259. The van der Waals surface area contributed by atoms with Crippen molar-refractivity contribution < 1.29 is 39.0 Å². The lowest BCUT2D eigenvalue weighted by molar-refractivity contribution is -0.140.